The quantitative estimate of drug-likeness (QED) is 0.891. The maximum Gasteiger partial charge on any atom is 0.228 e. The van der Waals surface area contributed by atoms with Crippen molar-refractivity contribution in [3.63, 3.8) is 0 Å². The van der Waals surface area contributed by atoms with Crippen LogP contribution in [-0.2, 0) is 24.1 Å². The Bertz CT molecular complexity index is 743. The third-order valence-electron chi connectivity index (χ3n) is 4.56. The zero-order valence-corrected chi connectivity index (χ0v) is 14.8. The monoisotopic (exact) mass is 345 g/mol. The second-order valence-electron chi connectivity index (χ2n) is 5.92. The summed E-state index contributed by atoms with van der Waals surface area (Å²) in [6.07, 6.45) is 3.46. The number of methoxy groups -OCH3 is 3. The first kappa shape index (κ1) is 17.1. The highest BCUT2D eigenvalue weighted by atomic mass is 16.5. The van der Waals surface area contributed by atoms with Crippen molar-refractivity contribution in [2.45, 2.75) is 19.3 Å². The summed E-state index contributed by atoms with van der Waals surface area (Å²) in [4.78, 5) is 14.5. The molecule has 0 spiro atoms. The van der Waals surface area contributed by atoms with Crippen molar-refractivity contribution in [2.24, 2.45) is 0 Å². The van der Waals surface area contributed by atoms with Crippen molar-refractivity contribution in [2.75, 3.05) is 34.4 Å². The van der Waals surface area contributed by atoms with E-state index in [2.05, 4.69) is 10.2 Å². The molecule has 0 saturated heterocycles. The van der Waals surface area contributed by atoms with Gasteiger partial charge in [0.1, 0.15) is 0 Å². The lowest BCUT2D eigenvalue weighted by Gasteiger charge is -2.20. The Hall–Kier alpha value is -2.70. The van der Waals surface area contributed by atoms with Gasteiger partial charge in [-0.3, -0.25) is 9.89 Å². The average molecular weight is 345 g/mol. The number of nitrogens with one attached hydrogen (secondary N) is 1. The van der Waals surface area contributed by atoms with E-state index in [9.17, 15) is 4.79 Å². The third kappa shape index (κ3) is 3.40. The summed E-state index contributed by atoms with van der Waals surface area (Å²) >= 11 is 0. The molecule has 25 heavy (non-hydrogen) atoms. The third-order valence-corrected chi connectivity index (χ3v) is 4.56. The Morgan fingerprint density at radius 3 is 2.56 bits per heavy atom. The molecular weight excluding hydrogens is 322 g/mol. The van der Waals surface area contributed by atoms with Gasteiger partial charge in [0.2, 0.25) is 11.7 Å². The van der Waals surface area contributed by atoms with Crippen LogP contribution in [0.5, 0.6) is 17.2 Å². The molecule has 2 aromatic rings. The normalized spacial score (nSPS) is 13.8. The summed E-state index contributed by atoms with van der Waals surface area (Å²) in [5.41, 5.74) is 3.04. The molecule has 0 fully saturated rings. The van der Waals surface area contributed by atoms with Gasteiger partial charge in [0.15, 0.2) is 11.5 Å². The second kappa shape index (κ2) is 7.46. The van der Waals surface area contributed by atoms with Gasteiger partial charge in [0.25, 0.3) is 0 Å². The predicted octanol–water partition coefficient (Wildman–Crippen LogP) is 1.61. The molecule has 1 aromatic heterocycles. The number of carbonyl (C=O) groups is 1. The van der Waals surface area contributed by atoms with Gasteiger partial charge in [-0.2, -0.15) is 5.10 Å². The van der Waals surface area contributed by atoms with Crippen LogP contribution in [0.2, 0.25) is 0 Å². The maximum absolute atomic E-state index is 12.6. The Morgan fingerprint density at radius 2 is 1.92 bits per heavy atom. The smallest absolute Gasteiger partial charge is 0.228 e. The number of fused-ring (bicyclic) bond motifs is 1. The molecule has 134 valence electrons. The fourth-order valence-corrected chi connectivity index (χ4v) is 3.28. The van der Waals surface area contributed by atoms with Crippen LogP contribution in [-0.4, -0.2) is 55.4 Å². The van der Waals surface area contributed by atoms with E-state index in [0.717, 1.165) is 23.2 Å². The molecule has 7 heteroatoms. The van der Waals surface area contributed by atoms with Crippen molar-refractivity contribution in [1.82, 2.24) is 15.1 Å². The number of aromatic amines is 1. The van der Waals surface area contributed by atoms with Gasteiger partial charge in [0, 0.05) is 30.5 Å². The van der Waals surface area contributed by atoms with E-state index in [-0.39, 0.29) is 5.91 Å². The number of nitrogens with zero attached hydrogens (tertiary/aromatic N) is 2. The number of H-pyrrole nitrogens is 1. The molecule has 7 nitrogen and oxygen atoms in total. The molecule has 0 aliphatic carbocycles. The van der Waals surface area contributed by atoms with E-state index in [4.69, 9.17) is 14.2 Å². The van der Waals surface area contributed by atoms with Crippen LogP contribution in [0.3, 0.4) is 0 Å². The van der Waals surface area contributed by atoms with Crippen LogP contribution < -0.4 is 14.2 Å². The molecule has 1 amide bonds. The molecule has 0 radical (unpaired) electrons. The second-order valence-corrected chi connectivity index (χ2v) is 5.92. The van der Waals surface area contributed by atoms with Crippen LogP contribution >= 0.6 is 0 Å². The summed E-state index contributed by atoms with van der Waals surface area (Å²) in [5.74, 6) is 2.03. The zero-order chi connectivity index (χ0) is 17.8. The molecular formula is C18H23N3O4. The van der Waals surface area contributed by atoms with E-state index in [1.807, 2.05) is 17.0 Å². The van der Waals surface area contributed by atoms with E-state index < -0.39 is 0 Å². The molecule has 1 N–H and O–H groups in total. The number of benzene rings is 1. The molecule has 3 rings (SSSR count). The first-order chi connectivity index (χ1) is 12.2. The Kier molecular flexibility index (Phi) is 5.11. The fourth-order valence-electron chi connectivity index (χ4n) is 3.28. The van der Waals surface area contributed by atoms with Crippen LogP contribution in [0.1, 0.15) is 16.8 Å². The standard InChI is InChI=1S/C18H23N3O4/c1-23-15-10-12-5-8-21(16(22)11-13-4-7-19-20-13)9-6-14(12)17(24-2)18(15)25-3/h4,7,10H,5-6,8-9,11H2,1-3H3,(H,19,20). The minimum absolute atomic E-state index is 0.0925. The van der Waals surface area contributed by atoms with Crippen molar-refractivity contribution >= 4 is 5.91 Å². The highest BCUT2D eigenvalue weighted by molar-refractivity contribution is 5.78. The summed E-state index contributed by atoms with van der Waals surface area (Å²) in [5, 5.41) is 6.73. The fraction of sp³-hybridized carbons (Fsp3) is 0.444. The molecule has 0 atom stereocenters. The van der Waals surface area contributed by atoms with Crippen LogP contribution in [0.15, 0.2) is 18.3 Å². The van der Waals surface area contributed by atoms with Crippen LogP contribution in [0.25, 0.3) is 0 Å². The van der Waals surface area contributed by atoms with E-state index in [0.29, 0.717) is 43.2 Å². The number of ether oxygens (including phenoxy) is 3. The number of aromatic nitrogens is 2. The Balaban J connectivity index is 1.82. The molecule has 1 aliphatic heterocycles. The Morgan fingerprint density at radius 1 is 1.16 bits per heavy atom. The number of hydrogen-bond donors (Lipinski definition) is 1. The highest BCUT2D eigenvalue weighted by Crippen LogP contribution is 2.43. The summed E-state index contributed by atoms with van der Waals surface area (Å²) in [6.45, 7) is 1.31. The number of rotatable bonds is 5. The van der Waals surface area contributed by atoms with E-state index >= 15 is 0 Å². The maximum atomic E-state index is 12.6. The minimum atomic E-state index is 0.0925. The molecule has 0 unspecified atom stereocenters. The van der Waals surface area contributed by atoms with Gasteiger partial charge < -0.3 is 19.1 Å². The van der Waals surface area contributed by atoms with Crippen molar-refractivity contribution < 1.29 is 19.0 Å². The first-order valence-electron chi connectivity index (χ1n) is 8.24. The first-order valence-corrected chi connectivity index (χ1v) is 8.24. The molecule has 1 aliphatic rings. The predicted molar refractivity (Wildman–Crippen MR) is 92.4 cm³/mol. The topological polar surface area (TPSA) is 76.7 Å². The number of amides is 1. The SMILES string of the molecule is COc1cc2c(c(OC)c1OC)CCN(C(=O)Cc1ccn[nH]1)CC2. The molecule has 0 bridgehead atoms. The van der Waals surface area contributed by atoms with Gasteiger partial charge in [-0.15, -0.1) is 0 Å². The lowest BCUT2D eigenvalue weighted by Crippen LogP contribution is -2.34. The van der Waals surface area contributed by atoms with Crippen molar-refractivity contribution in [3.05, 3.63) is 35.2 Å². The minimum Gasteiger partial charge on any atom is -0.493 e. The van der Waals surface area contributed by atoms with Crippen molar-refractivity contribution in [1.29, 1.82) is 0 Å². The van der Waals surface area contributed by atoms with Crippen molar-refractivity contribution in [3.8, 4) is 17.2 Å². The van der Waals surface area contributed by atoms with Crippen LogP contribution in [0, 0.1) is 0 Å². The molecule has 1 aromatic carbocycles. The molecule has 2 heterocycles. The Labute approximate surface area is 146 Å². The van der Waals surface area contributed by atoms with Gasteiger partial charge in [-0.25, -0.2) is 0 Å². The van der Waals surface area contributed by atoms with Gasteiger partial charge in [0.05, 0.1) is 27.8 Å². The lowest BCUT2D eigenvalue weighted by atomic mass is 10.0. The number of carbonyl (C=O) groups excluding carboxylic acids is 1. The number of hydrogen-bond acceptors (Lipinski definition) is 5. The summed E-state index contributed by atoms with van der Waals surface area (Å²) < 4.78 is 16.5. The largest absolute Gasteiger partial charge is 0.493 e. The van der Waals surface area contributed by atoms with Gasteiger partial charge >= 0.3 is 0 Å². The van der Waals surface area contributed by atoms with E-state index in [1.165, 1.54) is 0 Å². The van der Waals surface area contributed by atoms with Gasteiger partial charge in [-0.05, 0) is 30.5 Å². The van der Waals surface area contributed by atoms with Gasteiger partial charge in [-0.1, -0.05) is 0 Å². The lowest BCUT2D eigenvalue weighted by molar-refractivity contribution is -0.130. The van der Waals surface area contributed by atoms with E-state index in [1.54, 1.807) is 27.5 Å². The summed E-state index contributed by atoms with van der Waals surface area (Å²) in [6, 6.07) is 3.81. The molecule has 0 saturated carbocycles. The average Bonchev–Trinajstić information content (AvgIpc) is 3.04. The van der Waals surface area contributed by atoms with Crippen LogP contribution in [0.4, 0.5) is 0 Å². The highest BCUT2D eigenvalue weighted by Gasteiger charge is 2.25. The zero-order valence-electron chi connectivity index (χ0n) is 14.8. The summed E-state index contributed by atoms with van der Waals surface area (Å²) in [7, 11) is 4.84.